The minimum Gasteiger partial charge on any atom is -0.411 e. The lowest BCUT2D eigenvalue weighted by Gasteiger charge is -2.21. The molecule has 0 aliphatic carbocycles. The SMILES string of the molecule is CC(=NO)C(c1ccc(C)cc1)c1ccncc1-c1ccc(N(C)C)cc1. The van der Waals surface area contributed by atoms with Crippen molar-refractivity contribution in [1.82, 2.24) is 4.98 Å². The van der Waals surface area contributed by atoms with Crippen LogP contribution in [0.3, 0.4) is 0 Å². The van der Waals surface area contributed by atoms with Crippen LogP contribution >= 0.6 is 0 Å². The molecule has 2 aromatic carbocycles. The van der Waals surface area contributed by atoms with Gasteiger partial charge >= 0.3 is 0 Å². The predicted octanol–water partition coefficient (Wildman–Crippen LogP) is 5.11. The predicted molar refractivity (Wildman–Crippen MR) is 112 cm³/mol. The molecule has 3 rings (SSSR count). The molecule has 0 aliphatic rings. The van der Waals surface area contributed by atoms with Crippen molar-refractivity contribution in [2.75, 3.05) is 19.0 Å². The van der Waals surface area contributed by atoms with Crippen LogP contribution in [0.15, 0.2) is 72.1 Å². The average Bonchev–Trinajstić information content (AvgIpc) is 2.70. The highest BCUT2D eigenvalue weighted by atomic mass is 16.4. The van der Waals surface area contributed by atoms with Crippen molar-refractivity contribution in [3.05, 3.63) is 83.7 Å². The van der Waals surface area contributed by atoms with Crippen LogP contribution in [0.4, 0.5) is 5.69 Å². The smallest absolute Gasteiger partial charge is 0.0658 e. The number of oxime groups is 1. The summed E-state index contributed by atoms with van der Waals surface area (Å²) in [6, 6.07) is 18.8. The van der Waals surface area contributed by atoms with E-state index in [1.807, 2.05) is 33.3 Å². The average molecular weight is 359 g/mol. The summed E-state index contributed by atoms with van der Waals surface area (Å²) in [5.74, 6) is -0.137. The summed E-state index contributed by atoms with van der Waals surface area (Å²) in [5.41, 5.74) is 7.28. The molecule has 0 fully saturated rings. The Morgan fingerprint density at radius 2 is 1.67 bits per heavy atom. The van der Waals surface area contributed by atoms with Crippen molar-refractivity contribution >= 4 is 11.4 Å². The van der Waals surface area contributed by atoms with Crippen LogP contribution in [-0.2, 0) is 0 Å². The van der Waals surface area contributed by atoms with Gasteiger partial charge in [0.25, 0.3) is 0 Å². The van der Waals surface area contributed by atoms with Gasteiger partial charge in [0.05, 0.1) is 11.6 Å². The molecular weight excluding hydrogens is 334 g/mol. The van der Waals surface area contributed by atoms with Crippen LogP contribution in [0.1, 0.15) is 29.5 Å². The molecule has 0 saturated carbocycles. The van der Waals surface area contributed by atoms with Gasteiger partial charge in [0.1, 0.15) is 0 Å². The zero-order valence-electron chi connectivity index (χ0n) is 16.2. The molecule has 0 spiro atoms. The standard InChI is InChI=1S/C23H25N3O/c1-16-5-7-19(8-6-16)23(17(2)25-27)21-13-14-24-15-22(21)18-9-11-20(12-10-18)26(3)4/h5-15,23,27H,1-4H3. The van der Waals surface area contributed by atoms with E-state index in [0.717, 1.165) is 27.9 Å². The molecule has 0 radical (unpaired) electrons. The first-order chi connectivity index (χ1) is 13.0. The summed E-state index contributed by atoms with van der Waals surface area (Å²) in [6.45, 7) is 3.92. The fourth-order valence-electron chi connectivity index (χ4n) is 3.30. The fourth-order valence-corrected chi connectivity index (χ4v) is 3.30. The summed E-state index contributed by atoms with van der Waals surface area (Å²) < 4.78 is 0. The number of hydrogen-bond donors (Lipinski definition) is 1. The molecule has 0 bridgehead atoms. The molecule has 27 heavy (non-hydrogen) atoms. The third-order valence-corrected chi connectivity index (χ3v) is 4.85. The van der Waals surface area contributed by atoms with E-state index in [1.165, 1.54) is 5.56 Å². The second-order valence-corrected chi connectivity index (χ2v) is 6.99. The van der Waals surface area contributed by atoms with E-state index in [9.17, 15) is 5.21 Å². The molecule has 4 heteroatoms. The second-order valence-electron chi connectivity index (χ2n) is 6.99. The van der Waals surface area contributed by atoms with E-state index in [-0.39, 0.29) is 5.92 Å². The Balaban J connectivity index is 2.12. The Hall–Kier alpha value is -3.14. The maximum Gasteiger partial charge on any atom is 0.0658 e. The molecule has 1 aromatic heterocycles. The number of hydrogen-bond acceptors (Lipinski definition) is 4. The Labute approximate surface area is 160 Å². The Morgan fingerprint density at radius 1 is 1.00 bits per heavy atom. The molecule has 1 atom stereocenters. The van der Waals surface area contributed by atoms with Crippen LogP contribution in [-0.4, -0.2) is 30.0 Å². The van der Waals surface area contributed by atoms with E-state index < -0.39 is 0 Å². The maximum atomic E-state index is 9.51. The first-order valence-electron chi connectivity index (χ1n) is 8.98. The van der Waals surface area contributed by atoms with Crippen molar-refractivity contribution in [2.24, 2.45) is 5.16 Å². The van der Waals surface area contributed by atoms with Gasteiger partial charge in [-0.05, 0) is 48.7 Å². The van der Waals surface area contributed by atoms with E-state index in [0.29, 0.717) is 5.71 Å². The molecule has 1 N–H and O–H groups in total. The highest BCUT2D eigenvalue weighted by Gasteiger charge is 2.22. The molecule has 1 unspecified atom stereocenters. The first-order valence-corrected chi connectivity index (χ1v) is 8.98. The normalized spacial score (nSPS) is 12.7. The Bertz CT molecular complexity index is 929. The van der Waals surface area contributed by atoms with Gasteiger partial charge in [-0.25, -0.2) is 0 Å². The highest BCUT2D eigenvalue weighted by molar-refractivity contribution is 5.93. The number of aryl methyl sites for hydroxylation is 1. The number of aromatic nitrogens is 1. The van der Waals surface area contributed by atoms with Crippen LogP contribution in [0.25, 0.3) is 11.1 Å². The Kier molecular flexibility index (Phi) is 5.55. The molecular formula is C23H25N3O. The van der Waals surface area contributed by atoms with Gasteiger partial charge in [-0.1, -0.05) is 47.1 Å². The van der Waals surface area contributed by atoms with Gasteiger partial charge in [0, 0.05) is 37.7 Å². The summed E-state index contributed by atoms with van der Waals surface area (Å²) in [6.07, 6.45) is 3.67. The molecule has 138 valence electrons. The van der Waals surface area contributed by atoms with E-state index >= 15 is 0 Å². The van der Waals surface area contributed by atoms with Crippen molar-refractivity contribution in [1.29, 1.82) is 0 Å². The quantitative estimate of drug-likeness (QED) is 0.391. The van der Waals surface area contributed by atoms with E-state index in [4.69, 9.17) is 0 Å². The van der Waals surface area contributed by atoms with Crippen LogP contribution in [0.2, 0.25) is 0 Å². The lowest BCUT2D eigenvalue weighted by Crippen LogP contribution is -2.13. The third kappa shape index (κ3) is 4.00. The summed E-state index contributed by atoms with van der Waals surface area (Å²) in [4.78, 5) is 6.42. The van der Waals surface area contributed by atoms with E-state index in [2.05, 4.69) is 70.5 Å². The maximum absolute atomic E-state index is 9.51. The zero-order chi connectivity index (χ0) is 19.4. The van der Waals surface area contributed by atoms with Gasteiger partial charge in [-0.3, -0.25) is 4.98 Å². The monoisotopic (exact) mass is 359 g/mol. The third-order valence-electron chi connectivity index (χ3n) is 4.85. The van der Waals surface area contributed by atoms with Crippen LogP contribution in [0, 0.1) is 6.92 Å². The number of pyridine rings is 1. The number of anilines is 1. The highest BCUT2D eigenvalue weighted by Crippen LogP contribution is 2.34. The topological polar surface area (TPSA) is 48.7 Å². The van der Waals surface area contributed by atoms with Gasteiger partial charge in [0.15, 0.2) is 0 Å². The second kappa shape index (κ2) is 8.04. The molecule has 4 nitrogen and oxygen atoms in total. The summed E-state index contributed by atoms with van der Waals surface area (Å²) >= 11 is 0. The number of rotatable bonds is 5. The molecule has 0 amide bonds. The number of nitrogens with zero attached hydrogens (tertiary/aromatic N) is 3. The summed E-state index contributed by atoms with van der Waals surface area (Å²) in [7, 11) is 4.05. The molecule has 3 aromatic rings. The zero-order valence-corrected chi connectivity index (χ0v) is 16.2. The van der Waals surface area contributed by atoms with Crippen molar-refractivity contribution in [3.8, 4) is 11.1 Å². The lowest BCUT2D eigenvalue weighted by atomic mass is 9.84. The van der Waals surface area contributed by atoms with Gasteiger partial charge < -0.3 is 10.1 Å². The molecule has 0 aliphatic heterocycles. The molecule has 1 heterocycles. The Morgan fingerprint density at radius 3 is 2.26 bits per heavy atom. The lowest BCUT2D eigenvalue weighted by molar-refractivity contribution is 0.317. The molecule has 0 saturated heterocycles. The van der Waals surface area contributed by atoms with E-state index in [1.54, 1.807) is 6.20 Å². The minimum absolute atomic E-state index is 0.137. The van der Waals surface area contributed by atoms with Gasteiger partial charge in [-0.15, -0.1) is 0 Å². The van der Waals surface area contributed by atoms with Gasteiger partial charge in [0.2, 0.25) is 0 Å². The van der Waals surface area contributed by atoms with Crippen molar-refractivity contribution in [2.45, 2.75) is 19.8 Å². The fraction of sp³-hybridized carbons (Fsp3) is 0.217. The summed E-state index contributed by atoms with van der Waals surface area (Å²) in [5, 5.41) is 13.0. The largest absolute Gasteiger partial charge is 0.411 e. The van der Waals surface area contributed by atoms with Crippen LogP contribution in [0.5, 0.6) is 0 Å². The van der Waals surface area contributed by atoms with Gasteiger partial charge in [-0.2, -0.15) is 0 Å². The van der Waals surface area contributed by atoms with Crippen molar-refractivity contribution < 1.29 is 5.21 Å². The number of benzene rings is 2. The van der Waals surface area contributed by atoms with Crippen molar-refractivity contribution in [3.63, 3.8) is 0 Å². The van der Waals surface area contributed by atoms with Crippen LogP contribution < -0.4 is 4.90 Å². The minimum atomic E-state index is -0.137. The first kappa shape index (κ1) is 18.6.